The van der Waals surface area contributed by atoms with E-state index in [0.717, 1.165) is 39.0 Å². The van der Waals surface area contributed by atoms with Crippen molar-refractivity contribution in [2.24, 2.45) is 0 Å². The molecule has 0 radical (unpaired) electrons. The maximum absolute atomic E-state index is 10.5. The molecule has 6 nitrogen and oxygen atoms in total. The molecule has 1 aliphatic rings. The second-order valence-corrected chi connectivity index (χ2v) is 5.10. The summed E-state index contributed by atoms with van der Waals surface area (Å²) in [4.78, 5) is 6.66. The van der Waals surface area contributed by atoms with Crippen molar-refractivity contribution in [3.63, 3.8) is 0 Å². The van der Waals surface area contributed by atoms with Crippen LogP contribution in [0.25, 0.3) is 0 Å². The molecule has 6 heteroatoms. The predicted octanol–water partition coefficient (Wildman–Crippen LogP) is 0.525. The van der Waals surface area contributed by atoms with E-state index in [4.69, 9.17) is 4.52 Å². The van der Waals surface area contributed by atoms with E-state index >= 15 is 0 Å². The zero-order valence-electron chi connectivity index (χ0n) is 11.9. The Bertz CT molecular complexity index is 384. The van der Waals surface area contributed by atoms with Gasteiger partial charge in [0.25, 0.3) is 5.89 Å². The van der Waals surface area contributed by atoms with Gasteiger partial charge in [0.2, 0.25) is 0 Å². The largest absolute Gasteiger partial charge is 0.379 e. The van der Waals surface area contributed by atoms with E-state index in [-0.39, 0.29) is 0 Å². The van der Waals surface area contributed by atoms with Gasteiger partial charge in [-0.2, -0.15) is 4.98 Å². The van der Waals surface area contributed by atoms with Crippen LogP contribution in [0.3, 0.4) is 0 Å². The summed E-state index contributed by atoms with van der Waals surface area (Å²) in [6.07, 6.45) is 2.36. The molecule has 19 heavy (non-hydrogen) atoms. The van der Waals surface area contributed by atoms with Crippen LogP contribution in [0.4, 0.5) is 0 Å². The zero-order valence-corrected chi connectivity index (χ0v) is 11.9. The van der Waals surface area contributed by atoms with Crippen LogP contribution in [-0.2, 0) is 12.0 Å². The molecule has 1 atom stereocenters. The number of β-amino-alcohol motifs (C(OH)–C–C–N with tert-alkyl or cyclic N) is 1. The molecule has 2 N–H and O–H groups in total. The molecule has 2 heterocycles. The Morgan fingerprint density at radius 3 is 2.84 bits per heavy atom. The van der Waals surface area contributed by atoms with Gasteiger partial charge in [0.1, 0.15) is 0 Å². The van der Waals surface area contributed by atoms with Crippen LogP contribution in [0.15, 0.2) is 4.52 Å². The topological polar surface area (TPSA) is 74.4 Å². The fraction of sp³-hybridized carbons (Fsp3) is 0.846. The number of hydrogen-bond acceptors (Lipinski definition) is 6. The number of piperidine rings is 1. The molecule has 1 saturated heterocycles. The normalized spacial score (nSPS) is 24.0. The molecule has 0 spiro atoms. The van der Waals surface area contributed by atoms with Crippen LogP contribution in [0, 0.1) is 0 Å². The molecule has 0 aromatic carbocycles. The highest BCUT2D eigenvalue weighted by Gasteiger charge is 2.36. The first-order chi connectivity index (χ1) is 9.18. The van der Waals surface area contributed by atoms with Crippen molar-refractivity contribution in [1.82, 2.24) is 20.4 Å². The van der Waals surface area contributed by atoms with E-state index in [0.29, 0.717) is 24.7 Å². The highest BCUT2D eigenvalue weighted by atomic mass is 16.5. The van der Waals surface area contributed by atoms with E-state index in [9.17, 15) is 5.11 Å². The van der Waals surface area contributed by atoms with E-state index < -0.39 is 5.60 Å². The lowest BCUT2D eigenvalue weighted by Gasteiger charge is -2.28. The molecule has 0 saturated carbocycles. The second kappa shape index (κ2) is 6.45. The molecule has 1 aliphatic heterocycles. The van der Waals surface area contributed by atoms with Crippen molar-refractivity contribution in [2.45, 2.75) is 38.7 Å². The molecule has 1 aromatic heterocycles. The van der Waals surface area contributed by atoms with Crippen LogP contribution in [0.5, 0.6) is 0 Å². The SMILES string of the molecule is CCN(CC)CCc1noc(C2(O)CCCNC2)n1. The van der Waals surface area contributed by atoms with Gasteiger partial charge in [0.05, 0.1) is 0 Å². The van der Waals surface area contributed by atoms with Gasteiger partial charge in [0, 0.05) is 19.5 Å². The molecule has 2 rings (SSSR count). The summed E-state index contributed by atoms with van der Waals surface area (Å²) < 4.78 is 5.24. The highest BCUT2D eigenvalue weighted by molar-refractivity contribution is 5.02. The number of nitrogens with one attached hydrogen (secondary N) is 1. The molecule has 1 fully saturated rings. The van der Waals surface area contributed by atoms with Gasteiger partial charge in [-0.05, 0) is 32.5 Å². The summed E-state index contributed by atoms with van der Waals surface area (Å²) in [5.41, 5.74) is -0.987. The number of aliphatic hydroxyl groups is 1. The second-order valence-electron chi connectivity index (χ2n) is 5.10. The Hall–Kier alpha value is -0.980. The Morgan fingerprint density at radius 2 is 2.21 bits per heavy atom. The summed E-state index contributed by atoms with van der Waals surface area (Å²) in [5.74, 6) is 1.04. The third kappa shape index (κ3) is 3.52. The molecule has 0 amide bonds. The first-order valence-electron chi connectivity index (χ1n) is 7.16. The van der Waals surface area contributed by atoms with Gasteiger partial charge in [-0.3, -0.25) is 0 Å². The molecule has 108 valence electrons. The minimum atomic E-state index is -0.987. The van der Waals surface area contributed by atoms with E-state index in [1.54, 1.807) is 0 Å². The van der Waals surface area contributed by atoms with Crippen molar-refractivity contribution in [3.05, 3.63) is 11.7 Å². The smallest absolute Gasteiger partial charge is 0.259 e. The Balaban J connectivity index is 1.94. The summed E-state index contributed by atoms with van der Waals surface area (Å²) in [6, 6.07) is 0. The summed E-state index contributed by atoms with van der Waals surface area (Å²) in [7, 11) is 0. The Morgan fingerprint density at radius 1 is 1.42 bits per heavy atom. The van der Waals surface area contributed by atoms with Crippen molar-refractivity contribution in [1.29, 1.82) is 0 Å². The highest BCUT2D eigenvalue weighted by Crippen LogP contribution is 2.26. The molecule has 0 aliphatic carbocycles. The third-order valence-corrected chi connectivity index (χ3v) is 3.77. The fourth-order valence-corrected chi connectivity index (χ4v) is 2.41. The van der Waals surface area contributed by atoms with Crippen LogP contribution in [0.2, 0.25) is 0 Å². The predicted molar refractivity (Wildman–Crippen MR) is 71.8 cm³/mol. The van der Waals surface area contributed by atoms with Crippen LogP contribution >= 0.6 is 0 Å². The van der Waals surface area contributed by atoms with Gasteiger partial charge >= 0.3 is 0 Å². The van der Waals surface area contributed by atoms with Crippen molar-refractivity contribution >= 4 is 0 Å². The van der Waals surface area contributed by atoms with Crippen LogP contribution in [0.1, 0.15) is 38.4 Å². The van der Waals surface area contributed by atoms with Gasteiger partial charge in [0.15, 0.2) is 11.4 Å². The average molecular weight is 268 g/mol. The minimum Gasteiger partial charge on any atom is -0.379 e. The zero-order chi connectivity index (χ0) is 13.7. The van der Waals surface area contributed by atoms with E-state index in [2.05, 4.69) is 34.2 Å². The number of likely N-dealkylation sites (N-methyl/N-ethyl adjacent to an activating group) is 1. The van der Waals surface area contributed by atoms with Crippen LogP contribution < -0.4 is 5.32 Å². The maximum atomic E-state index is 10.5. The number of nitrogens with zero attached hydrogens (tertiary/aromatic N) is 3. The Labute approximate surface area is 114 Å². The number of rotatable bonds is 6. The van der Waals surface area contributed by atoms with Gasteiger partial charge in [-0.15, -0.1) is 0 Å². The lowest BCUT2D eigenvalue weighted by molar-refractivity contribution is -0.0167. The Kier molecular flexibility index (Phi) is 4.90. The minimum absolute atomic E-state index is 0.356. The van der Waals surface area contributed by atoms with Crippen molar-refractivity contribution in [2.75, 3.05) is 32.7 Å². The van der Waals surface area contributed by atoms with Gasteiger partial charge in [-0.1, -0.05) is 19.0 Å². The van der Waals surface area contributed by atoms with Crippen molar-refractivity contribution in [3.8, 4) is 0 Å². The fourth-order valence-electron chi connectivity index (χ4n) is 2.41. The lowest BCUT2D eigenvalue weighted by atomic mass is 9.94. The summed E-state index contributed by atoms with van der Waals surface area (Å²) in [5, 5.41) is 17.6. The third-order valence-electron chi connectivity index (χ3n) is 3.77. The average Bonchev–Trinajstić information content (AvgIpc) is 2.90. The monoisotopic (exact) mass is 268 g/mol. The molecule has 1 aromatic rings. The van der Waals surface area contributed by atoms with E-state index in [1.165, 1.54) is 0 Å². The molecule has 1 unspecified atom stereocenters. The van der Waals surface area contributed by atoms with Crippen molar-refractivity contribution < 1.29 is 9.63 Å². The van der Waals surface area contributed by atoms with Crippen LogP contribution in [-0.4, -0.2) is 52.9 Å². The quantitative estimate of drug-likeness (QED) is 0.784. The lowest BCUT2D eigenvalue weighted by Crippen LogP contribution is -2.43. The first-order valence-corrected chi connectivity index (χ1v) is 7.16. The van der Waals surface area contributed by atoms with Gasteiger partial charge in [-0.25, -0.2) is 0 Å². The summed E-state index contributed by atoms with van der Waals surface area (Å²) >= 11 is 0. The molecular weight excluding hydrogens is 244 g/mol. The molecule has 0 bridgehead atoms. The number of hydrogen-bond donors (Lipinski definition) is 2. The van der Waals surface area contributed by atoms with E-state index in [1.807, 2.05) is 0 Å². The first kappa shape index (κ1) is 14.4. The standard InChI is InChI=1S/C13H24N4O2/c1-3-17(4-2)9-6-11-15-12(19-16-11)13(18)7-5-8-14-10-13/h14,18H,3-10H2,1-2H3. The maximum Gasteiger partial charge on any atom is 0.259 e. The summed E-state index contributed by atoms with van der Waals surface area (Å²) in [6.45, 7) is 8.67. The van der Waals surface area contributed by atoms with Gasteiger partial charge < -0.3 is 19.8 Å². The number of aromatic nitrogens is 2. The molecular formula is C13H24N4O2.